The maximum atomic E-state index is 12.5. The maximum absolute atomic E-state index is 12.5. The van der Waals surface area contributed by atoms with Gasteiger partial charge in [0.15, 0.2) is 0 Å². The molecule has 118 valence electrons. The fourth-order valence-corrected chi connectivity index (χ4v) is 2.73. The number of unbranched alkanes of at least 4 members (excludes halogenated alkanes) is 1. The van der Waals surface area contributed by atoms with Crippen LogP contribution in [0.1, 0.15) is 45.4 Å². The molecule has 2 rings (SSSR count). The van der Waals surface area contributed by atoms with Gasteiger partial charge in [-0.2, -0.15) is 5.10 Å². The molecule has 21 heavy (non-hydrogen) atoms. The first kappa shape index (κ1) is 16.3. The van der Waals surface area contributed by atoms with Gasteiger partial charge in [-0.05, 0) is 25.2 Å². The highest BCUT2D eigenvalue weighted by molar-refractivity contribution is 6.33. The molecule has 1 aliphatic carbocycles. The largest absolute Gasteiger partial charge is 0.375 e. The highest BCUT2D eigenvalue weighted by Gasteiger charge is 2.21. The summed E-state index contributed by atoms with van der Waals surface area (Å²) in [6.07, 6.45) is 8.29. The second-order valence-electron chi connectivity index (χ2n) is 5.87. The fourth-order valence-electron chi connectivity index (χ4n) is 2.55. The molecule has 1 atom stereocenters. The highest BCUT2D eigenvalue weighted by Crippen LogP contribution is 2.27. The minimum atomic E-state index is -0.135. The van der Waals surface area contributed by atoms with Gasteiger partial charge in [0.25, 0.3) is 5.56 Å². The summed E-state index contributed by atoms with van der Waals surface area (Å²) in [7, 11) is 0. The summed E-state index contributed by atoms with van der Waals surface area (Å²) < 4.78 is 1.53. The van der Waals surface area contributed by atoms with Gasteiger partial charge < -0.3 is 11.1 Å². The molecule has 0 radical (unpaired) electrons. The summed E-state index contributed by atoms with van der Waals surface area (Å²) >= 11 is 6.14. The maximum Gasteiger partial charge on any atom is 0.291 e. The average molecular weight is 313 g/mol. The van der Waals surface area contributed by atoms with Crippen LogP contribution in [0.25, 0.3) is 0 Å². The average Bonchev–Trinajstić information content (AvgIpc) is 2.44. The molecule has 1 aliphatic rings. The second-order valence-corrected chi connectivity index (χ2v) is 6.28. The van der Waals surface area contributed by atoms with E-state index in [0.29, 0.717) is 29.7 Å². The Morgan fingerprint density at radius 1 is 1.57 bits per heavy atom. The van der Waals surface area contributed by atoms with Crippen LogP contribution in [0.2, 0.25) is 5.02 Å². The minimum Gasteiger partial charge on any atom is -0.375 e. The summed E-state index contributed by atoms with van der Waals surface area (Å²) in [5.41, 5.74) is 6.09. The van der Waals surface area contributed by atoms with Gasteiger partial charge in [0, 0.05) is 19.1 Å². The molecule has 0 aromatic carbocycles. The van der Waals surface area contributed by atoms with Gasteiger partial charge in [-0.3, -0.25) is 4.79 Å². The molecule has 1 aromatic rings. The predicted octanol–water partition coefficient (Wildman–Crippen LogP) is 2.63. The summed E-state index contributed by atoms with van der Waals surface area (Å²) in [5, 5.41) is 7.75. The van der Waals surface area contributed by atoms with E-state index in [9.17, 15) is 4.79 Å². The Balaban J connectivity index is 2.12. The van der Waals surface area contributed by atoms with E-state index in [-0.39, 0.29) is 11.6 Å². The third-order valence-corrected chi connectivity index (χ3v) is 4.48. The lowest BCUT2D eigenvalue weighted by Crippen LogP contribution is -2.35. The van der Waals surface area contributed by atoms with E-state index >= 15 is 0 Å². The van der Waals surface area contributed by atoms with Crippen molar-refractivity contribution in [3.05, 3.63) is 21.6 Å². The number of aromatic nitrogens is 2. The van der Waals surface area contributed by atoms with Gasteiger partial charge in [-0.15, -0.1) is 0 Å². The molecule has 0 saturated heterocycles. The predicted molar refractivity (Wildman–Crippen MR) is 86.8 cm³/mol. The lowest BCUT2D eigenvalue weighted by molar-refractivity contribution is 0.262. The molecule has 1 aromatic heterocycles. The molecule has 0 spiro atoms. The van der Waals surface area contributed by atoms with Crippen molar-refractivity contribution in [2.45, 2.75) is 58.0 Å². The Morgan fingerprint density at radius 3 is 2.90 bits per heavy atom. The number of rotatable bonds is 8. The van der Waals surface area contributed by atoms with E-state index in [1.165, 1.54) is 23.9 Å². The normalized spacial score (nSPS) is 16.5. The summed E-state index contributed by atoms with van der Waals surface area (Å²) in [5.74, 6) is 0.578. The Morgan fingerprint density at radius 2 is 2.33 bits per heavy atom. The molecule has 1 unspecified atom stereocenters. The first-order chi connectivity index (χ1) is 10.2. The van der Waals surface area contributed by atoms with Crippen molar-refractivity contribution in [1.29, 1.82) is 0 Å². The molecular weight excluding hydrogens is 288 g/mol. The van der Waals surface area contributed by atoms with Crippen molar-refractivity contribution < 1.29 is 0 Å². The van der Waals surface area contributed by atoms with Gasteiger partial charge in [0.1, 0.15) is 5.69 Å². The molecule has 1 saturated carbocycles. The van der Waals surface area contributed by atoms with Crippen LogP contribution in [0.4, 0.5) is 5.69 Å². The second kappa shape index (κ2) is 7.80. The van der Waals surface area contributed by atoms with Gasteiger partial charge in [-0.1, -0.05) is 37.8 Å². The Kier molecular flexibility index (Phi) is 6.06. The molecule has 5 nitrogen and oxygen atoms in total. The lowest BCUT2D eigenvalue weighted by Gasteiger charge is -2.26. The lowest BCUT2D eigenvalue weighted by atomic mass is 9.85. The summed E-state index contributed by atoms with van der Waals surface area (Å²) in [4.78, 5) is 12.5. The zero-order chi connectivity index (χ0) is 15.2. The first-order valence-electron chi connectivity index (χ1n) is 7.88. The molecule has 0 aliphatic heterocycles. The highest BCUT2D eigenvalue weighted by atomic mass is 35.5. The Hall–Kier alpha value is -1.07. The topological polar surface area (TPSA) is 72.9 Å². The van der Waals surface area contributed by atoms with Crippen LogP contribution < -0.4 is 16.6 Å². The van der Waals surface area contributed by atoms with Gasteiger partial charge in [0.05, 0.1) is 11.2 Å². The zero-order valence-corrected chi connectivity index (χ0v) is 13.4. The molecule has 0 amide bonds. The number of anilines is 1. The van der Waals surface area contributed by atoms with Crippen molar-refractivity contribution >= 4 is 17.3 Å². The van der Waals surface area contributed by atoms with Crippen molar-refractivity contribution in [1.82, 2.24) is 9.78 Å². The van der Waals surface area contributed by atoms with Crippen LogP contribution in [-0.4, -0.2) is 22.4 Å². The molecule has 0 bridgehead atoms. The van der Waals surface area contributed by atoms with Crippen molar-refractivity contribution in [3.63, 3.8) is 0 Å². The van der Waals surface area contributed by atoms with E-state index in [1.54, 1.807) is 6.20 Å². The van der Waals surface area contributed by atoms with Crippen LogP contribution in [0, 0.1) is 5.92 Å². The van der Waals surface area contributed by atoms with Gasteiger partial charge in [0.2, 0.25) is 0 Å². The van der Waals surface area contributed by atoms with Crippen LogP contribution in [-0.2, 0) is 6.54 Å². The number of nitrogens with one attached hydrogen (secondary N) is 1. The number of nitrogens with two attached hydrogens (primary N) is 1. The van der Waals surface area contributed by atoms with Crippen LogP contribution in [0.3, 0.4) is 0 Å². The Labute approximate surface area is 130 Å². The monoisotopic (exact) mass is 312 g/mol. The molecular formula is C15H25ClN4O. The van der Waals surface area contributed by atoms with E-state index in [1.807, 2.05) is 0 Å². The van der Waals surface area contributed by atoms with Crippen LogP contribution >= 0.6 is 11.6 Å². The van der Waals surface area contributed by atoms with Crippen LogP contribution in [0.5, 0.6) is 0 Å². The van der Waals surface area contributed by atoms with Gasteiger partial charge >= 0.3 is 0 Å². The van der Waals surface area contributed by atoms with E-state index in [4.69, 9.17) is 17.3 Å². The first-order valence-corrected chi connectivity index (χ1v) is 8.25. The third kappa shape index (κ3) is 4.20. The quantitative estimate of drug-likeness (QED) is 0.774. The summed E-state index contributed by atoms with van der Waals surface area (Å²) in [6, 6.07) is 0.0784. The zero-order valence-electron chi connectivity index (χ0n) is 12.6. The SMILES string of the molecule is CCCCC(CN)Nc1c(Cl)cnn(CC2CCC2)c1=O. The van der Waals surface area contributed by atoms with Crippen molar-refractivity contribution in [3.8, 4) is 0 Å². The number of halogens is 1. The Bertz CT molecular complexity index is 513. The minimum absolute atomic E-state index is 0.0784. The molecule has 1 fully saturated rings. The molecule has 1 heterocycles. The van der Waals surface area contributed by atoms with Crippen molar-refractivity contribution in [2.75, 3.05) is 11.9 Å². The van der Waals surface area contributed by atoms with Crippen molar-refractivity contribution in [2.24, 2.45) is 11.7 Å². The number of hydrogen-bond acceptors (Lipinski definition) is 4. The fraction of sp³-hybridized carbons (Fsp3) is 0.733. The smallest absolute Gasteiger partial charge is 0.291 e. The molecule has 6 heteroatoms. The standard InChI is InChI=1S/C15H25ClN4O/c1-2-3-7-12(8-17)19-14-13(16)9-18-20(15(14)21)10-11-5-4-6-11/h9,11-12,19H,2-8,10,17H2,1H3. The van der Waals surface area contributed by atoms with E-state index in [2.05, 4.69) is 17.3 Å². The van der Waals surface area contributed by atoms with E-state index in [0.717, 1.165) is 19.3 Å². The summed E-state index contributed by atoms with van der Waals surface area (Å²) in [6.45, 7) is 3.31. The van der Waals surface area contributed by atoms with Crippen LogP contribution in [0.15, 0.2) is 11.0 Å². The van der Waals surface area contributed by atoms with E-state index < -0.39 is 0 Å². The molecule has 3 N–H and O–H groups in total. The number of hydrogen-bond donors (Lipinski definition) is 2. The van der Waals surface area contributed by atoms with Gasteiger partial charge in [-0.25, -0.2) is 4.68 Å². The number of nitrogens with zero attached hydrogens (tertiary/aromatic N) is 2. The third-order valence-electron chi connectivity index (χ3n) is 4.19.